The Morgan fingerprint density at radius 1 is 1.38 bits per heavy atom. The Morgan fingerprint density at radius 3 is 2.31 bits per heavy atom. The van der Waals surface area contributed by atoms with Crippen LogP contribution in [0.4, 0.5) is 0 Å². The molecule has 0 aliphatic carbocycles. The second-order valence-electron chi connectivity index (χ2n) is 2.91. The molecule has 0 N–H and O–H groups in total. The van der Waals surface area contributed by atoms with Crippen LogP contribution in [-0.2, 0) is 19.1 Å². The largest absolute Gasteiger partial charge is 0.469 e. The van der Waals surface area contributed by atoms with E-state index in [-0.39, 0.29) is 11.4 Å². The number of thiol groups is 1. The van der Waals surface area contributed by atoms with Crippen molar-refractivity contribution in [3.63, 3.8) is 0 Å². The number of ether oxygens (including phenoxy) is 2. The Morgan fingerprint density at radius 2 is 1.94 bits per heavy atom. The van der Waals surface area contributed by atoms with Gasteiger partial charge in [0.25, 0.3) is 0 Å². The van der Waals surface area contributed by atoms with Crippen LogP contribution in [0, 0.1) is 5.92 Å². The highest BCUT2D eigenvalue weighted by Crippen LogP contribution is 2.14. The van der Waals surface area contributed by atoms with E-state index in [1.807, 2.05) is 6.92 Å². The van der Waals surface area contributed by atoms with Crippen molar-refractivity contribution in [3.8, 4) is 0 Å². The van der Waals surface area contributed by atoms with Gasteiger partial charge < -0.3 is 13.8 Å². The summed E-state index contributed by atoms with van der Waals surface area (Å²) in [5.41, 5.74) is 0. The molecule has 0 aliphatic heterocycles. The molecule has 0 radical (unpaired) electrons. The summed E-state index contributed by atoms with van der Waals surface area (Å²) < 4.78 is 10.5. The lowest BCUT2D eigenvalue weighted by molar-refractivity contribution is -0.149. The third-order valence-electron chi connectivity index (χ3n) is 1.94. The average Bonchev–Trinajstić information content (AvgIpc) is 2.32. The van der Waals surface area contributed by atoms with Gasteiger partial charge in [-0.05, 0) is 6.92 Å². The first-order valence-corrected chi connectivity index (χ1v) is 5.43. The fourth-order valence-electron chi connectivity index (χ4n) is 0.999. The minimum Gasteiger partial charge on any atom is -0.469 e. The normalized spacial score (nSPS) is 11.5. The van der Waals surface area contributed by atoms with Crippen molar-refractivity contribution in [3.05, 3.63) is 0 Å². The highest BCUT2D eigenvalue weighted by Gasteiger charge is 2.29. The van der Waals surface area contributed by atoms with Crippen LogP contribution in [0.5, 0.6) is 0 Å². The molecule has 7 heteroatoms. The van der Waals surface area contributed by atoms with Crippen molar-refractivity contribution >= 4 is 42.0 Å². The molecule has 16 heavy (non-hydrogen) atoms. The van der Waals surface area contributed by atoms with Crippen LogP contribution in [-0.4, -0.2) is 42.0 Å². The maximum atomic E-state index is 11.4. The summed E-state index contributed by atoms with van der Waals surface area (Å²) in [6, 6.07) is 0. The van der Waals surface area contributed by atoms with Crippen LogP contribution < -0.4 is 0 Å². The van der Waals surface area contributed by atoms with E-state index in [0.717, 1.165) is 0 Å². The molecule has 1 atom stereocenters. The van der Waals surface area contributed by atoms with E-state index < -0.39 is 17.9 Å². The predicted octanol–water partition coefficient (Wildman–Crippen LogP) is 0.833. The van der Waals surface area contributed by atoms with Gasteiger partial charge in [0.15, 0.2) is 0 Å². The van der Waals surface area contributed by atoms with Crippen molar-refractivity contribution in [1.29, 1.82) is 0 Å². The quantitative estimate of drug-likeness (QED) is 0.451. The number of rotatable bonds is 5. The second-order valence-corrected chi connectivity index (χ2v) is 3.81. The lowest BCUT2D eigenvalue weighted by atomic mass is 10.1. The molecule has 0 aromatic heterocycles. The summed E-state index contributed by atoms with van der Waals surface area (Å²) in [6.45, 7) is 2.35. The summed E-state index contributed by atoms with van der Waals surface area (Å²) in [4.78, 5) is 22.8. The number of nitrogens with zero attached hydrogens (tertiary/aromatic N) is 1. The van der Waals surface area contributed by atoms with Gasteiger partial charge in [0.1, 0.15) is 10.9 Å². The third kappa shape index (κ3) is 4.36. The highest BCUT2D eigenvalue weighted by atomic mass is 32.1. The molecule has 1 unspecified atom stereocenters. The van der Waals surface area contributed by atoms with E-state index >= 15 is 0 Å². The van der Waals surface area contributed by atoms with Crippen LogP contribution in [0.3, 0.4) is 0 Å². The first-order chi connectivity index (χ1) is 7.47. The smallest absolute Gasteiger partial charge is 0.316 e. The Hall–Kier alpha value is -0.820. The maximum Gasteiger partial charge on any atom is 0.316 e. The zero-order chi connectivity index (χ0) is 12.7. The van der Waals surface area contributed by atoms with Crippen LogP contribution in [0.15, 0.2) is 0 Å². The molecule has 0 aromatic rings. The summed E-state index contributed by atoms with van der Waals surface area (Å²) in [6.07, 6.45) is -0.140. The lowest BCUT2D eigenvalue weighted by Crippen LogP contribution is -2.35. The number of thiocarbonyl (C=S) groups is 1. The number of hydrogen-bond donors (Lipinski definition) is 1. The molecular formula is C9H15NO4S2. The van der Waals surface area contributed by atoms with Gasteiger partial charge in [-0.2, -0.15) is 0 Å². The predicted molar refractivity (Wildman–Crippen MR) is 66.1 cm³/mol. The SMILES string of the molecule is CCN(S)C(=S)C(CC(=O)OC)C(=O)OC. The minimum absolute atomic E-state index is 0.140. The molecule has 0 spiro atoms. The monoisotopic (exact) mass is 265 g/mol. The van der Waals surface area contributed by atoms with Gasteiger partial charge in [-0.15, -0.1) is 0 Å². The number of esters is 2. The molecule has 0 saturated heterocycles. The first kappa shape index (κ1) is 15.2. The maximum absolute atomic E-state index is 11.4. The Labute approximate surface area is 106 Å². The van der Waals surface area contributed by atoms with Crippen LogP contribution >= 0.6 is 25.0 Å². The molecule has 0 bridgehead atoms. The number of carbonyl (C=O) groups excluding carboxylic acids is 2. The van der Waals surface area contributed by atoms with Crippen molar-refractivity contribution in [2.45, 2.75) is 13.3 Å². The molecule has 0 heterocycles. The third-order valence-corrected chi connectivity index (χ3v) is 3.07. The fourth-order valence-corrected chi connectivity index (χ4v) is 1.45. The van der Waals surface area contributed by atoms with Gasteiger partial charge in [-0.1, -0.05) is 25.0 Å². The van der Waals surface area contributed by atoms with E-state index in [1.165, 1.54) is 18.5 Å². The Bertz CT molecular complexity index is 283. The number of hydrogen-bond acceptors (Lipinski definition) is 6. The minimum atomic E-state index is -0.829. The van der Waals surface area contributed by atoms with Gasteiger partial charge >= 0.3 is 11.9 Å². The standard InChI is InChI=1S/C9H15NO4S2/c1-4-10(16)8(15)6(9(12)14-3)5-7(11)13-2/h6,16H,4-5H2,1-3H3. The summed E-state index contributed by atoms with van der Waals surface area (Å²) in [5, 5.41) is 0. The van der Waals surface area contributed by atoms with E-state index in [2.05, 4.69) is 22.3 Å². The zero-order valence-corrected chi connectivity index (χ0v) is 11.1. The van der Waals surface area contributed by atoms with Crippen LogP contribution in [0.25, 0.3) is 0 Å². The van der Waals surface area contributed by atoms with E-state index in [0.29, 0.717) is 6.54 Å². The van der Waals surface area contributed by atoms with Crippen molar-refractivity contribution in [1.82, 2.24) is 4.31 Å². The van der Waals surface area contributed by atoms with Gasteiger partial charge in [-0.3, -0.25) is 9.59 Å². The molecule has 0 aromatic carbocycles. The second kappa shape index (κ2) is 7.45. The summed E-state index contributed by atoms with van der Waals surface area (Å²) in [5.74, 6) is -1.91. The van der Waals surface area contributed by atoms with E-state index in [9.17, 15) is 9.59 Å². The van der Waals surface area contributed by atoms with Crippen LogP contribution in [0.2, 0.25) is 0 Å². The van der Waals surface area contributed by atoms with Crippen molar-refractivity contribution in [2.75, 3.05) is 20.8 Å². The van der Waals surface area contributed by atoms with Crippen molar-refractivity contribution in [2.24, 2.45) is 5.92 Å². The molecular weight excluding hydrogens is 250 g/mol. The van der Waals surface area contributed by atoms with Gasteiger partial charge in [0, 0.05) is 6.54 Å². The Balaban J connectivity index is 4.73. The van der Waals surface area contributed by atoms with Gasteiger partial charge in [0.2, 0.25) is 0 Å². The topological polar surface area (TPSA) is 55.8 Å². The molecule has 5 nitrogen and oxygen atoms in total. The van der Waals surface area contributed by atoms with E-state index in [4.69, 9.17) is 12.2 Å². The lowest BCUT2D eigenvalue weighted by Gasteiger charge is -2.21. The molecule has 0 amide bonds. The highest BCUT2D eigenvalue weighted by molar-refractivity contribution is 7.84. The molecule has 0 aliphatic rings. The number of methoxy groups -OCH3 is 2. The molecule has 0 saturated carbocycles. The first-order valence-electron chi connectivity index (χ1n) is 4.62. The van der Waals surface area contributed by atoms with Gasteiger partial charge in [0.05, 0.1) is 20.6 Å². The molecule has 92 valence electrons. The van der Waals surface area contributed by atoms with E-state index in [1.54, 1.807) is 0 Å². The van der Waals surface area contributed by atoms with Gasteiger partial charge in [-0.25, -0.2) is 0 Å². The van der Waals surface area contributed by atoms with Crippen LogP contribution in [0.1, 0.15) is 13.3 Å². The fraction of sp³-hybridized carbons (Fsp3) is 0.667. The molecule has 0 rings (SSSR count). The number of carbonyl (C=O) groups is 2. The zero-order valence-electron chi connectivity index (χ0n) is 9.43. The Kier molecular flexibility index (Phi) is 7.07. The summed E-state index contributed by atoms with van der Waals surface area (Å²) in [7, 11) is 2.49. The molecule has 0 fully saturated rings. The van der Waals surface area contributed by atoms with Crippen molar-refractivity contribution < 1.29 is 19.1 Å². The summed E-state index contributed by atoms with van der Waals surface area (Å²) >= 11 is 9.13. The average molecular weight is 265 g/mol.